The first-order valence-corrected chi connectivity index (χ1v) is 9.13. The third kappa shape index (κ3) is 6.52. The van der Waals surface area contributed by atoms with E-state index in [1.165, 1.54) is 32.2 Å². The largest absolute Gasteiger partial charge is 0.491 e. The van der Waals surface area contributed by atoms with Crippen LogP contribution in [0.4, 0.5) is 5.69 Å². The molecule has 23 heavy (non-hydrogen) atoms. The summed E-state index contributed by atoms with van der Waals surface area (Å²) in [5, 5.41) is 0.605. The van der Waals surface area contributed by atoms with Crippen LogP contribution in [0.2, 0.25) is 5.02 Å². The molecule has 128 valence electrons. The molecule has 0 radical (unpaired) electrons. The Morgan fingerprint density at radius 1 is 1.26 bits per heavy atom. The third-order valence-corrected chi connectivity index (χ3v) is 4.42. The highest BCUT2D eigenvalue weighted by Crippen LogP contribution is 2.34. The second kappa shape index (κ2) is 9.29. The average molecular weight is 337 g/mol. The van der Waals surface area contributed by atoms with Crippen molar-refractivity contribution in [2.24, 2.45) is 10.9 Å². The zero-order chi connectivity index (χ0) is 16.7. The molecule has 0 atom stereocenters. The summed E-state index contributed by atoms with van der Waals surface area (Å²) in [7, 11) is 0. The number of halogens is 1. The fraction of sp³-hybridized carbons (Fsp3) is 0.632. The molecule has 4 heteroatoms. The highest BCUT2D eigenvalue weighted by molar-refractivity contribution is 6.34. The molecule has 0 saturated heterocycles. The molecule has 1 aliphatic rings. The quantitative estimate of drug-likeness (QED) is 0.538. The SMILES string of the molecule is CCCN(CCOc1cccc(N=C(C)C)c1Cl)CCC1CC1. The summed E-state index contributed by atoms with van der Waals surface area (Å²) in [5.74, 6) is 1.71. The lowest BCUT2D eigenvalue weighted by Gasteiger charge is -2.22. The molecular weight excluding hydrogens is 308 g/mol. The molecule has 0 N–H and O–H groups in total. The minimum absolute atomic E-state index is 0.605. The standard InChI is InChI=1S/C19H29ClN2O/c1-4-11-22(12-10-16-8-9-16)13-14-23-18-7-5-6-17(19(18)20)21-15(2)3/h5-7,16H,4,8-14H2,1-3H3. The molecule has 2 rings (SSSR count). The Labute approximate surface area is 145 Å². The minimum atomic E-state index is 0.605. The lowest BCUT2D eigenvalue weighted by atomic mass is 10.2. The van der Waals surface area contributed by atoms with Crippen molar-refractivity contribution in [2.75, 3.05) is 26.2 Å². The van der Waals surface area contributed by atoms with Crippen molar-refractivity contribution in [3.05, 3.63) is 23.2 Å². The zero-order valence-electron chi connectivity index (χ0n) is 14.6. The fourth-order valence-electron chi connectivity index (χ4n) is 2.65. The van der Waals surface area contributed by atoms with Gasteiger partial charge in [0.15, 0.2) is 0 Å². The Balaban J connectivity index is 1.84. The normalized spacial score (nSPS) is 14.1. The van der Waals surface area contributed by atoms with E-state index in [2.05, 4.69) is 16.8 Å². The van der Waals surface area contributed by atoms with E-state index in [0.29, 0.717) is 11.6 Å². The highest BCUT2D eigenvalue weighted by Gasteiger charge is 2.21. The van der Waals surface area contributed by atoms with Crippen LogP contribution in [-0.2, 0) is 0 Å². The van der Waals surface area contributed by atoms with Gasteiger partial charge in [0.25, 0.3) is 0 Å². The van der Waals surface area contributed by atoms with Gasteiger partial charge in [0.05, 0.1) is 5.69 Å². The summed E-state index contributed by atoms with van der Waals surface area (Å²) in [6.45, 7) is 10.1. The first-order chi connectivity index (χ1) is 11.1. The first-order valence-electron chi connectivity index (χ1n) is 8.75. The van der Waals surface area contributed by atoms with Crippen molar-refractivity contribution < 1.29 is 4.74 Å². The summed E-state index contributed by atoms with van der Waals surface area (Å²) in [6, 6.07) is 5.78. The molecule has 1 aromatic carbocycles. The van der Waals surface area contributed by atoms with Gasteiger partial charge >= 0.3 is 0 Å². The number of nitrogens with zero attached hydrogens (tertiary/aromatic N) is 2. The van der Waals surface area contributed by atoms with Gasteiger partial charge in [-0.3, -0.25) is 9.89 Å². The molecule has 1 aromatic rings. The molecule has 0 bridgehead atoms. The Bertz CT molecular complexity index is 522. The summed E-state index contributed by atoms with van der Waals surface area (Å²) in [5.41, 5.74) is 1.77. The van der Waals surface area contributed by atoms with Gasteiger partial charge in [-0.05, 0) is 57.8 Å². The van der Waals surface area contributed by atoms with Crippen molar-refractivity contribution in [3.8, 4) is 5.75 Å². The van der Waals surface area contributed by atoms with Gasteiger partial charge in [-0.25, -0.2) is 0 Å². The predicted octanol–water partition coefficient (Wildman–Crippen LogP) is 5.34. The van der Waals surface area contributed by atoms with Crippen LogP contribution >= 0.6 is 11.6 Å². The van der Waals surface area contributed by atoms with Crippen LogP contribution in [0.5, 0.6) is 5.75 Å². The van der Waals surface area contributed by atoms with Crippen molar-refractivity contribution in [1.82, 2.24) is 4.90 Å². The number of hydrogen-bond acceptors (Lipinski definition) is 3. The molecular formula is C19H29ClN2O. The topological polar surface area (TPSA) is 24.8 Å². The average Bonchev–Trinajstić information content (AvgIpc) is 3.32. The van der Waals surface area contributed by atoms with Gasteiger partial charge in [-0.15, -0.1) is 0 Å². The van der Waals surface area contributed by atoms with Gasteiger partial charge in [0.2, 0.25) is 0 Å². The maximum absolute atomic E-state index is 6.39. The molecule has 0 spiro atoms. The molecule has 0 aromatic heterocycles. The molecule has 0 heterocycles. The lowest BCUT2D eigenvalue weighted by molar-refractivity contribution is 0.204. The second-order valence-corrected chi connectivity index (χ2v) is 6.95. The fourth-order valence-corrected chi connectivity index (χ4v) is 2.87. The maximum Gasteiger partial charge on any atom is 0.140 e. The highest BCUT2D eigenvalue weighted by atomic mass is 35.5. The van der Waals surface area contributed by atoms with Crippen LogP contribution in [0.3, 0.4) is 0 Å². The van der Waals surface area contributed by atoms with E-state index in [0.717, 1.165) is 36.2 Å². The molecule has 0 aliphatic heterocycles. The van der Waals surface area contributed by atoms with Crippen LogP contribution in [0.1, 0.15) is 46.5 Å². The van der Waals surface area contributed by atoms with Gasteiger partial charge in [-0.2, -0.15) is 0 Å². The number of aliphatic imine (C=N–C) groups is 1. The Morgan fingerprint density at radius 3 is 2.70 bits per heavy atom. The van der Waals surface area contributed by atoms with Gasteiger partial charge in [0, 0.05) is 12.3 Å². The Kier molecular flexibility index (Phi) is 7.38. The summed E-state index contributed by atoms with van der Waals surface area (Å²) >= 11 is 6.39. The van der Waals surface area contributed by atoms with Crippen molar-refractivity contribution >= 4 is 23.0 Å². The van der Waals surface area contributed by atoms with E-state index in [-0.39, 0.29) is 0 Å². The second-order valence-electron chi connectivity index (χ2n) is 6.57. The molecule has 0 unspecified atom stereocenters. The van der Waals surface area contributed by atoms with Crippen LogP contribution in [0.25, 0.3) is 0 Å². The molecule has 1 saturated carbocycles. The predicted molar refractivity (Wildman–Crippen MR) is 99.5 cm³/mol. The van der Waals surface area contributed by atoms with Gasteiger partial charge in [-0.1, -0.05) is 37.4 Å². The van der Waals surface area contributed by atoms with Crippen LogP contribution < -0.4 is 4.74 Å². The summed E-state index contributed by atoms with van der Waals surface area (Å²) in [6.07, 6.45) is 5.37. The van der Waals surface area contributed by atoms with Crippen LogP contribution in [-0.4, -0.2) is 36.9 Å². The van der Waals surface area contributed by atoms with Crippen molar-refractivity contribution in [3.63, 3.8) is 0 Å². The molecule has 1 aliphatic carbocycles. The molecule has 3 nitrogen and oxygen atoms in total. The first kappa shape index (κ1) is 18.3. The molecule has 0 amide bonds. The van der Waals surface area contributed by atoms with Crippen LogP contribution in [0.15, 0.2) is 23.2 Å². The van der Waals surface area contributed by atoms with Gasteiger partial charge in [0.1, 0.15) is 17.4 Å². The van der Waals surface area contributed by atoms with Gasteiger partial charge < -0.3 is 4.74 Å². The van der Waals surface area contributed by atoms with E-state index < -0.39 is 0 Å². The maximum atomic E-state index is 6.39. The lowest BCUT2D eigenvalue weighted by Crippen LogP contribution is -2.30. The third-order valence-electron chi connectivity index (χ3n) is 4.04. The number of ether oxygens (including phenoxy) is 1. The monoisotopic (exact) mass is 336 g/mol. The summed E-state index contributed by atoms with van der Waals surface area (Å²) in [4.78, 5) is 6.95. The number of rotatable bonds is 10. The van der Waals surface area contributed by atoms with E-state index in [4.69, 9.17) is 16.3 Å². The van der Waals surface area contributed by atoms with E-state index in [9.17, 15) is 0 Å². The smallest absolute Gasteiger partial charge is 0.140 e. The Hall–Kier alpha value is -1.06. The summed E-state index contributed by atoms with van der Waals surface area (Å²) < 4.78 is 5.92. The minimum Gasteiger partial charge on any atom is -0.491 e. The zero-order valence-corrected chi connectivity index (χ0v) is 15.4. The van der Waals surface area contributed by atoms with Crippen molar-refractivity contribution in [1.29, 1.82) is 0 Å². The van der Waals surface area contributed by atoms with E-state index in [1.807, 2.05) is 32.0 Å². The van der Waals surface area contributed by atoms with E-state index >= 15 is 0 Å². The van der Waals surface area contributed by atoms with Crippen LogP contribution in [0, 0.1) is 5.92 Å². The molecule has 1 fully saturated rings. The van der Waals surface area contributed by atoms with E-state index in [1.54, 1.807) is 0 Å². The van der Waals surface area contributed by atoms with Crippen molar-refractivity contribution in [2.45, 2.75) is 46.5 Å². The number of benzene rings is 1. The number of hydrogen-bond donors (Lipinski definition) is 0. The Morgan fingerprint density at radius 2 is 2.04 bits per heavy atom.